The minimum absolute atomic E-state index is 0.0129. The molecule has 1 heterocycles. The van der Waals surface area contributed by atoms with Crippen LogP contribution in [-0.4, -0.2) is 63.6 Å². The topological polar surface area (TPSA) is 78.0 Å². The van der Waals surface area contributed by atoms with Gasteiger partial charge in [-0.3, -0.25) is 14.7 Å². The van der Waals surface area contributed by atoms with Crippen LogP contribution in [0.5, 0.6) is 5.75 Å². The number of hydrogen-bond acceptors (Lipinski definition) is 4. The second-order valence-electron chi connectivity index (χ2n) is 8.04. The van der Waals surface area contributed by atoms with Gasteiger partial charge in [-0.1, -0.05) is 18.2 Å². The Morgan fingerprint density at radius 2 is 1.93 bits per heavy atom. The van der Waals surface area contributed by atoms with Crippen LogP contribution < -0.4 is 20.7 Å². The Labute approximate surface area is 175 Å². The fraction of sp³-hybridized carbons (Fsp3) is 0.636. The largest absolute Gasteiger partial charge is 0.496 e. The number of carbonyl (C=O) groups is 1. The Hall–Kier alpha value is -2.28. The SMILES string of the molecule is CCNC(=NCC(C)(C)C(=O)NC)NCC(c1ccccc1OC)N1CCCC1. The summed E-state index contributed by atoms with van der Waals surface area (Å²) >= 11 is 0. The van der Waals surface area contributed by atoms with Gasteiger partial charge >= 0.3 is 0 Å². The predicted octanol–water partition coefficient (Wildman–Crippen LogP) is 2.16. The van der Waals surface area contributed by atoms with Crippen LogP contribution in [-0.2, 0) is 4.79 Å². The number of carbonyl (C=O) groups excluding carboxylic acids is 1. The van der Waals surface area contributed by atoms with Gasteiger partial charge in [0, 0.05) is 25.7 Å². The van der Waals surface area contributed by atoms with Crippen molar-refractivity contribution in [3.05, 3.63) is 29.8 Å². The van der Waals surface area contributed by atoms with E-state index >= 15 is 0 Å². The summed E-state index contributed by atoms with van der Waals surface area (Å²) in [6.45, 7) is 9.90. The molecule has 1 fully saturated rings. The van der Waals surface area contributed by atoms with Crippen LogP contribution in [0.3, 0.4) is 0 Å². The summed E-state index contributed by atoms with van der Waals surface area (Å²) < 4.78 is 5.63. The Morgan fingerprint density at radius 1 is 1.24 bits per heavy atom. The number of likely N-dealkylation sites (tertiary alicyclic amines) is 1. The fourth-order valence-electron chi connectivity index (χ4n) is 3.65. The average molecular weight is 404 g/mol. The third kappa shape index (κ3) is 6.35. The summed E-state index contributed by atoms with van der Waals surface area (Å²) in [5.74, 6) is 1.62. The van der Waals surface area contributed by atoms with Gasteiger partial charge in [0.25, 0.3) is 0 Å². The maximum atomic E-state index is 12.1. The van der Waals surface area contributed by atoms with E-state index in [4.69, 9.17) is 4.74 Å². The van der Waals surface area contributed by atoms with Crippen LogP contribution in [0.25, 0.3) is 0 Å². The quantitative estimate of drug-likeness (QED) is 0.435. The summed E-state index contributed by atoms with van der Waals surface area (Å²) in [6, 6.07) is 8.42. The molecule has 1 saturated heterocycles. The van der Waals surface area contributed by atoms with E-state index in [9.17, 15) is 4.79 Å². The highest BCUT2D eigenvalue weighted by Crippen LogP contribution is 2.31. The van der Waals surface area contributed by atoms with E-state index < -0.39 is 5.41 Å². The van der Waals surface area contributed by atoms with Crippen LogP contribution >= 0.6 is 0 Å². The molecule has 1 aromatic carbocycles. The minimum atomic E-state index is -0.561. The van der Waals surface area contributed by atoms with Crippen molar-refractivity contribution in [2.75, 3.05) is 46.9 Å². The van der Waals surface area contributed by atoms with Crippen LogP contribution in [0.1, 0.15) is 45.2 Å². The highest BCUT2D eigenvalue weighted by Gasteiger charge is 2.28. The lowest BCUT2D eigenvalue weighted by Crippen LogP contribution is -2.44. The van der Waals surface area contributed by atoms with Crippen molar-refractivity contribution in [2.45, 2.75) is 39.7 Å². The molecular formula is C22H37N5O2. The van der Waals surface area contributed by atoms with Gasteiger partial charge in [0.1, 0.15) is 5.75 Å². The average Bonchev–Trinajstić information content (AvgIpc) is 3.26. The molecule has 0 bridgehead atoms. The molecule has 1 aliphatic heterocycles. The lowest BCUT2D eigenvalue weighted by atomic mass is 9.93. The van der Waals surface area contributed by atoms with E-state index in [2.05, 4.69) is 38.0 Å². The number of benzene rings is 1. The molecule has 2 rings (SSSR count). The molecule has 1 amide bonds. The molecule has 0 saturated carbocycles. The molecule has 1 unspecified atom stereocenters. The van der Waals surface area contributed by atoms with Gasteiger partial charge in [0.15, 0.2) is 5.96 Å². The molecule has 7 nitrogen and oxygen atoms in total. The second-order valence-corrected chi connectivity index (χ2v) is 8.04. The van der Waals surface area contributed by atoms with Gasteiger partial charge in [0.2, 0.25) is 5.91 Å². The number of hydrogen-bond donors (Lipinski definition) is 3. The van der Waals surface area contributed by atoms with E-state index in [0.717, 1.165) is 31.3 Å². The predicted molar refractivity (Wildman–Crippen MR) is 118 cm³/mol. The van der Waals surface area contributed by atoms with Crippen molar-refractivity contribution in [3.8, 4) is 5.75 Å². The van der Waals surface area contributed by atoms with Gasteiger partial charge in [-0.05, 0) is 52.8 Å². The number of para-hydroxylation sites is 1. The number of methoxy groups -OCH3 is 1. The number of ether oxygens (including phenoxy) is 1. The minimum Gasteiger partial charge on any atom is -0.496 e. The Bertz CT molecular complexity index is 684. The third-order valence-electron chi connectivity index (χ3n) is 5.36. The van der Waals surface area contributed by atoms with E-state index in [0.29, 0.717) is 13.1 Å². The fourth-order valence-corrected chi connectivity index (χ4v) is 3.65. The number of guanidine groups is 1. The number of aliphatic imine (C=N–C) groups is 1. The lowest BCUT2D eigenvalue weighted by molar-refractivity contribution is -0.128. The van der Waals surface area contributed by atoms with Crippen molar-refractivity contribution in [1.29, 1.82) is 0 Å². The lowest BCUT2D eigenvalue weighted by Gasteiger charge is -2.30. The van der Waals surface area contributed by atoms with Crippen molar-refractivity contribution in [2.24, 2.45) is 10.4 Å². The molecule has 7 heteroatoms. The molecule has 0 aromatic heterocycles. The molecule has 0 spiro atoms. The number of nitrogens with zero attached hydrogens (tertiary/aromatic N) is 2. The van der Waals surface area contributed by atoms with Crippen molar-refractivity contribution < 1.29 is 9.53 Å². The van der Waals surface area contributed by atoms with E-state index in [1.165, 1.54) is 18.4 Å². The standard InChI is InChI=1S/C22H37N5O2/c1-6-24-21(26-16-22(2,3)20(28)23-4)25-15-18(27-13-9-10-14-27)17-11-7-8-12-19(17)29-5/h7-8,11-12,18H,6,9-10,13-16H2,1-5H3,(H,23,28)(H2,24,25,26). The Balaban J connectivity index is 2.16. The molecule has 29 heavy (non-hydrogen) atoms. The monoisotopic (exact) mass is 403 g/mol. The zero-order chi connectivity index (χ0) is 21.3. The molecule has 1 aromatic rings. The van der Waals surface area contributed by atoms with Crippen LogP contribution in [0.4, 0.5) is 0 Å². The smallest absolute Gasteiger partial charge is 0.227 e. The molecule has 0 aliphatic carbocycles. The van der Waals surface area contributed by atoms with Gasteiger partial charge in [-0.15, -0.1) is 0 Å². The molecular weight excluding hydrogens is 366 g/mol. The first kappa shape index (κ1) is 23.0. The molecule has 3 N–H and O–H groups in total. The van der Waals surface area contributed by atoms with Gasteiger partial charge in [-0.2, -0.15) is 0 Å². The molecule has 1 aliphatic rings. The second kappa shape index (κ2) is 11.0. The van der Waals surface area contributed by atoms with Gasteiger partial charge in [0.05, 0.1) is 25.1 Å². The van der Waals surface area contributed by atoms with E-state index in [1.54, 1.807) is 14.2 Å². The summed E-state index contributed by atoms with van der Waals surface area (Å²) in [5, 5.41) is 9.50. The number of rotatable bonds is 9. The zero-order valence-electron chi connectivity index (χ0n) is 18.5. The summed E-state index contributed by atoms with van der Waals surface area (Å²) in [6.07, 6.45) is 2.44. The third-order valence-corrected chi connectivity index (χ3v) is 5.36. The summed E-state index contributed by atoms with van der Waals surface area (Å²) in [7, 11) is 3.38. The maximum absolute atomic E-state index is 12.1. The number of amides is 1. The van der Waals surface area contributed by atoms with E-state index in [-0.39, 0.29) is 11.9 Å². The van der Waals surface area contributed by atoms with Gasteiger partial charge in [-0.25, -0.2) is 0 Å². The Kier molecular flexibility index (Phi) is 8.76. The Morgan fingerprint density at radius 3 is 2.55 bits per heavy atom. The number of nitrogens with one attached hydrogen (secondary N) is 3. The molecule has 0 radical (unpaired) electrons. The first-order valence-electron chi connectivity index (χ1n) is 10.5. The molecule has 1 atom stereocenters. The van der Waals surface area contributed by atoms with Crippen molar-refractivity contribution in [3.63, 3.8) is 0 Å². The highest BCUT2D eigenvalue weighted by molar-refractivity contribution is 5.83. The van der Waals surface area contributed by atoms with Crippen molar-refractivity contribution >= 4 is 11.9 Å². The van der Waals surface area contributed by atoms with Crippen LogP contribution in [0.15, 0.2) is 29.3 Å². The van der Waals surface area contributed by atoms with Crippen molar-refractivity contribution in [1.82, 2.24) is 20.9 Å². The first-order valence-corrected chi connectivity index (χ1v) is 10.5. The first-order chi connectivity index (χ1) is 13.9. The van der Waals surface area contributed by atoms with Crippen LogP contribution in [0, 0.1) is 5.41 Å². The highest BCUT2D eigenvalue weighted by atomic mass is 16.5. The van der Waals surface area contributed by atoms with Crippen LogP contribution in [0.2, 0.25) is 0 Å². The maximum Gasteiger partial charge on any atom is 0.227 e. The van der Waals surface area contributed by atoms with E-state index in [1.807, 2.05) is 32.9 Å². The zero-order valence-corrected chi connectivity index (χ0v) is 18.5. The summed E-state index contributed by atoms with van der Waals surface area (Å²) in [4.78, 5) is 19.2. The van der Waals surface area contributed by atoms with Gasteiger partial charge < -0.3 is 20.7 Å². The normalized spacial score (nSPS) is 16.4. The summed E-state index contributed by atoms with van der Waals surface area (Å²) in [5.41, 5.74) is 0.625. The molecule has 162 valence electrons.